The highest BCUT2D eigenvalue weighted by Crippen LogP contribution is 2.35. The lowest BCUT2D eigenvalue weighted by Crippen LogP contribution is -2.38. The van der Waals surface area contributed by atoms with Gasteiger partial charge in [0.2, 0.25) is 0 Å². The van der Waals surface area contributed by atoms with Crippen molar-refractivity contribution in [3.63, 3.8) is 0 Å². The number of allylic oxidation sites excluding steroid dienone is 2. The van der Waals surface area contributed by atoms with E-state index in [0.717, 1.165) is 10.2 Å². The van der Waals surface area contributed by atoms with Crippen molar-refractivity contribution < 1.29 is 4.21 Å². The van der Waals surface area contributed by atoms with Crippen molar-refractivity contribution in [2.75, 3.05) is 0 Å². The monoisotopic (exact) mass is 367 g/mol. The third-order valence-corrected chi connectivity index (χ3v) is 6.82. The lowest BCUT2D eigenvalue weighted by Gasteiger charge is -2.23. The van der Waals surface area contributed by atoms with Gasteiger partial charge < -0.3 is 0 Å². The first-order valence-electron chi connectivity index (χ1n) is 6.50. The van der Waals surface area contributed by atoms with Gasteiger partial charge in [-0.15, -0.1) is 0 Å². The maximum absolute atomic E-state index is 12.1. The van der Waals surface area contributed by atoms with Gasteiger partial charge in [-0.2, -0.15) is 0 Å². The van der Waals surface area contributed by atoms with Crippen molar-refractivity contribution in [2.45, 2.75) is 65.7 Å². The Kier molecular flexibility index (Phi) is 8.84. The summed E-state index contributed by atoms with van der Waals surface area (Å²) in [5.74, 6) is 0. The lowest BCUT2D eigenvalue weighted by atomic mass is 10.3. The topological polar surface area (TPSA) is 29.1 Å². The fourth-order valence-corrected chi connectivity index (χ4v) is 3.72. The maximum atomic E-state index is 12.1. The zero-order valence-electron chi connectivity index (χ0n) is 13.0. The SMILES string of the molecule is C/C=C(\SC(Br)=C(C)CC)C(C)NS(=O)C(C)(C)C. The molecule has 112 valence electrons. The summed E-state index contributed by atoms with van der Waals surface area (Å²) in [6.45, 7) is 14.3. The first-order valence-corrected chi connectivity index (χ1v) is 9.26. The van der Waals surface area contributed by atoms with E-state index < -0.39 is 11.0 Å². The van der Waals surface area contributed by atoms with Crippen LogP contribution < -0.4 is 4.72 Å². The summed E-state index contributed by atoms with van der Waals surface area (Å²) in [7, 11) is -1.05. The molecule has 0 fully saturated rings. The molecule has 2 nitrogen and oxygen atoms in total. The second-order valence-electron chi connectivity index (χ2n) is 5.42. The fraction of sp³-hybridized carbons (Fsp3) is 0.714. The molecule has 1 N–H and O–H groups in total. The van der Waals surface area contributed by atoms with Gasteiger partial charge >= 0.3 is 0 Å². The molecular weight excluding hydrogens is 342 g/mol. The molecule has 0 radical (unpaired) electrons. The highest BCUT2D eigenvalue weighted by molar-refractivity contribution is 9.14. The van der Waals surface area contributed by atoms with E-state index in [9.17, 15) is 4.21 Å². The number of rotatable bonds is 6. The minimum Gasteiger partial charge on any atom is -0.242 e. The second kappa shape index (κ2) is 8.65. The Morgan fingerprint density at radius 1 is 1.47 bits per heavy atom. The summed E-state index contributed by atoms with van der Waals surface area (Å²) in [5, 5.41) is 0. The van der Waals surface area contributed by atoms with Crippen LogP contribution in [0.25, 0.3) is 0 Å². The van der Waals surface area contributed by atoms with Crippen LogP contribution in [0.3, 0.4) is 0 Å². The molecular formula is C14H26BrNOS2. The number of hydrogen-bond donors (Lipinski definition) is 1. The summed E-state index contributed by atoms with van der Waals surface area (Å²) in [5.41, 5.74) is 1.33. The van der Waals surface area contributed by atoms with Gasteiger partial charge in [-0.1, -0.05) is 30.3 Å². The summed E-state index contributed by atoms with van der Waals surface area (Å²) in [6, 6.07) is 0.0762. The van der Waals surface area contributed by atoms with Crippen LogP contribution in [0, 0.1) is 0 Å². The standard InChI is InChI=1S/C14H26BrNOS2/c1-8-10(3)13(15)18-12(9-2)11(4)16-19(17)14(5,6)7/h9,11,16H,8H2,1-7H3/b12-9-,13-10?. The minimum atomic E-state index is -1.05. The number of halogens is 1. The van der Waals surface area contributed by atoms with Crippen LogP contribution in [0.1, 0.15) is 54.9 Å². The minimum absolute atomic E-state index is 0.0762. The molecule has 0 aromatic rings. The van der Waals surface area contributed by atoms with E-state index in [0.29, 0.717) is 0 Å². The number of nitrogens with one attached hydrogen (secondary N) is 1. The third kappa shape index (κ3) is 7.11. The van der Waals surface area contributed by atoms with E-state index in [1.54, 1.807) is 11.8 Å². The highest BCUT2D eigenvalue weighted by atomic mass is 79.9. The summed E-state index contributed by atoms with van der Waals surface area (Å²) >= 11 is 5.32. The van der Waals surface area contributed by atoms with Crippen molar-refractivity contribution in [3.05, 3.63) is 20.4 Å². The van der Waals surface area contributed by atoms with Crippen LogP contribution in [0.2, 0.25) is 0 Å². The molecule has 0 aliphatic rings. The van der Waals surface area contributed by atoms with Crippen LogP contribution in [-0.4, -0.2) is 15.0 Å². The average Bonchev–Trinajstić information content (AvgIpc) is 2.32. The quantitative estimate of drug-likeness (QED) is 0.707. The van der Waals surface area contributed by atoms with Gasteiger partial charge in [0.15, 0.2) is 0 Å². The van der Waals surface area contributed by atoms with E-state index in [-0.39, 0.29) is 10.8 Å². The van der Waals surface area contributed by atoms with Gasteiger partial charge in [-0.25, -0.2) is 8.93 Å². The lowest BCUT2D eigenvalue weighted by molar-refractivity contribution is 0.627. The molecule has 0 heterocycles. The number of thioether (sulfide) groups is 1. The summed E-state index contributed by atoms with van der Waals surface area (Å²) in [6.07, 6.45) is 3.10. The molecule has 0 aliphatic carbocycles. The first kappa shape index (κ1) is 19.4. The van der Waals surface area contributed by atoms with Gasteiger partial charge in [0, 0.05) is 10.9 Å². The molecule has 2 atom stereocenters. The molecule has 0 aliphatic heterocycles. The first-order chi connectivity index (χ1) is 8.63. The Bertz CT molecular complexity index is 383. The highest BCUT2D eigenvalue weighted by Gasteiger charge is 2.22. The zero-order chi connectivity index (χ0) is 15.2. The van der Waals surface area contributed by atoms with E-state index >= 15 is 0 Å². The molecule has 0 saturated carbocycles. The molecule has 19 heavy (non-hydrogen) atoms. The predicted octanol–water partition coefficient (Wildman–Crippen LogP) is 5.10. The molecule has 0 aromatic carbocycles. The van der Waals surface area contributed by atoms with Gasteiger partial charge in [-0.3, -0.25) is 0 Å². The molecule has 0 amide bonds. The maximum Gasteiger partial charge on any atom is 0.0975 e. The Labute approximate surface area is 133 Å². The third-order valence-electron chi connectivity index (χ3n) is 2.62. The molecule has 0 rings (SSSR count). The van der Waals surface area contributed by atoms with Crippen molar-refractivity contribution in [1.82, 2.24) is 4.72 Å². The number of hydrogen-bond acceptors (Lipinski definition) is 2. The summed E-state index contributed by atoms with van der Waals surface area (Å²) in [4.78, 5) is 1.18. The van der Waals surface area contributed by atoms with Crippen molar-refractivity contribution >= 4 is 38.7 Å². The fourth-order valence-electron chi connectivity index (χ4n) is 1.12. The molecule has 2 unspecified atom stereocenters. The largest absolute Gasteiger partial charge is 0.242 e. The summed E-state index contributed by atoms with van der Waals surface area (Å²) < 4.78 is 16.2. The molecule has 0 bridgehead atoms. The zero-order valence-corrected chi connectivity index (χ0v) is 16.2. The van der Waals surface area contributed by atoms with E-state index in [1.165, 1.54) is 10.5 Å². The molecule has 0 saturated heterocycles. The normalized spacial score (nSPS) is 18.0. The van der Waals surface area contributed by atoms with E-state index in [4.69, 9.17) is 0 Å². The van der Waals surface area contributed by atoms with Crippen molar-refractivity contribution in [1.29, 1.82) is 0 Å². The Balaban J connectivity index is 4.78. The van der Waals surface area contributed by atoms with E-state index in [1.807, 2.05) is 34.6 Å². The molecule has 5 heteroatoms. The van der Waals surface area contributed by atoms with Gasteiger partial charge in [0.1, 0.15) is 0 Å². The van der Waals surface area contributed by atoms with Crippen LogP contribution in [0.5, 0.6) is 0 Å². The van der Waals surface area contributed by atoms with E-state index in [2.05, 4.69) is 40.6 Å². The Hall–Kier alpha value is 0.420. The van der Waals surface area contributed by atoms with Crippen LogP contribution in [0.4, 0.5) is 0 Å². The van der Waals surface area contributed by atoms with Gasteiger partial charge in [0.25, 0.3) is 0 Å². The Morgan fingerprint density at radius 3 is 2.37 bits per heavy atom. The van der Waals surface area contributed by atoms with Crippen molar-refractivity contribution in [3.8, 4) is 0 Å². The predicted molar refractivity (Wildman–Crippen MR) is 93.8 cm³/mol. The average molecular weight is 368 g/mol. The van der Waals surface area contributed by atoms with Crippen molar-refractivity contribution in [2.24, 2.45) is 0 Å². The van der Waals surface area contributed by atoms with Crippen LogP contribution >= 0.6 is 27.7 Å². The Morgan fingerprint density at radius 2 is 2.00 bits per heavy atom. The van der Waals surface area contributed by atoms with Gasteiger partial charge in [0.05, 0.1) is 19.5 Å². The molecule has 0 spiro atoms. The van der Waals surface area contributed by atoms with Crippen LogP contribution in [0.15, 0.2) is 20.4 Å². The smallest absolute Gasteiger partial charge is 0.0975 e. The second-order valence-corrected chi connectivity index (χ2v) is 9.82. The molecule has 0 aromatic heterocycles. The van der Waals surface area contributed by atoms with Gasteiger partial charge in [-0.05, 0) is 63.9 Å². The van der Waals surface area contributed by atoms with Crippen LogP contribution in [-0.2, 0) is 11.0 Å².